The van der Waals surface area contributed by atoms with E-state index in [4.69, 9.17) is 4.42 Å². The van der Waals surface area contributed by atoms with E-state index in [0.29, 0.717) is 42.8 Å². The molecular weight excluding hydrogens is 306 g/mol. The molecular formula is C17H25N5O2. The van der Waals surface area contributed by atoms with Gasteiger partial charge in [0.05, 0.1) is 0 Å². The van der Waals surface area contributed by atoms with Gasteiger partial charge in [-0.05, 0) is 31.4 Å². The fourth-order valence-corrected chi connectivity index (χ4v) is 2.75. The summed E-state index contributed by atoms with van der Waals surface area (Å²) in [7, 11) is 0. The van der Waals surface area contributed by atoms with Crippen LogP contribution in [0.25, 0.3) is 11.2 Å². The lowest BCUT2D eigenvalue weighted by Crippen LogP contribution is -2.43. The molecule has 2 aromatic heterocycles. The second kappa shape index (κ2) is 7.07. The van der Waals surface area contributed by atoms with Gasteiger partial charge in [-0.1, -0.05) is 13.8 Å². The molecule has 1 N–H and O–H groups in total. The van der Waals surface area contributed by atoms with E-state index in [-0.39, 0.29) is 6.03 Å². The first-order chi connectivity index (χ1) is 11.5. The number of fused-ring (bicyclic) bond motifs is 1. The minimum atomic E-state index is 0.0143. The Hall–Kier alpha value is -2.31. The smallest absolute Gasteiger partial charge is 0.317 e. The highest BCUT2D eigenvalue weighted by atomic mass is 16.4. The van der Waals surface area contributed by atoms with E-state index < -0.39 is 0 Å². The quantitative estimate of drug-likeness (QED) is 0.935. The number of oxazole rings is 1. The van der Waals surface area contributed by atoms with Gasteiger partial charge in [-0.25, -0.2) is 9.78 Å². The number of carbonyl (C=O) groups is 1. The summed E-state index contributed by atoms with van der Waals surface area (Å²) >= 11 is 0. The summed E-state index contributed by atoms with van der Waals surface area (Å²) in [4.78, 5) is 25.1. The van der Waals surface area contributed by atoms with E-state index in [2.05, 4.69) is 34.0 Å². The van der Waals surface area contributed by atoms with Crippen LogP contribution in [0.5, 0.6) is 0 Å². The molecule has 2 amide bonds. The summed E-state index contributed by atoms with van der Waals surface area (Å²) < 4.78 is 5.83. The molecule has 1 aliphatic rings. The molecule has 7 heteroatoms. The van der Waals surface area contributed by atoms with Crippen molar-refractivity contribution in [2.75, 3.05) is 37.6 Å². The Morgan fingerprint density at radius 3 is 2.88 bits per heavy atom. The van der Waals surface area contributed by atoms with Crippen LogP contribution >= 0.6 is 0 Å². The SMILES string of the molecule is Cc1ccc2oc(N3CCCN(C(=O)NCC(C)C)CC3)nc2n1. The number of rotatable bonds is 3. The van der Waals surface area contributed by atoms with E-state index >= 15 is 0 Å². The van der Waals surface area contributed by atoms with Crippen LogP contribution < -0.4 is 10.2 Å². The monoisotopic (exact) mass is 331 g/mol. The summed E-state index contributed by atoms with van der Waals surface area (Å²) in [5, 5.41) is 2.98. The molecule has 0 saturated carbocycles. The molecule has 0 aliphatic carbocycles. The third kappa shape index (κ3) is 3.77. The zero-order valence-corrected chi connectivity index (χ0v) is 14.6. The van der Waals surface area contributed by atoms with Crippen molar-refractivity contribution in [1.82, 2.24) is 20.2 Å². The van der Waals surface area contributed by atoms with Crippen molar-refractivity contribution in [3.8, 4) is 0 Å². The number of aryl methyl sites for hydroxylation is 1. The van der Waals surface area contributed by atoms with Crippen LogP contribution in [0.15, 0.2) is 16.5 Å². The van der Waals surface area contributed by atoms with Crippen LogP contribution in [-0.4, -0.2) is 53.6 Å². The number of anilines is 1. The van der Waals surface area contributed by atoms with Crippen LogP contribution in [0, 0.1) is 12.8 Å². The Labute approximate surface area is 142 Å². The van der Waals surface area contributed by atoms with Crippen LogP contribution in [0.2, 0.25) is 0 Å². The molecule has 0 unspecified atom stereocenters. The van der Waals surface area contributed by atoms with Crippen LogP contribution in [0.4, 0.5) is 10.8 Å². The number of nitrogens with zero attached hydrogens (tertiary/aromatic N) is 4. The number of hydrogen-bond acceptors (Lipinski definition) is 5. The minimum Gasteiger partial charge on any atom is -0.422 e. The third-order valence-electron chi connectivity index (χ3n) is 4.10. The summed E-state index contributed by atoms with van der Waals surface area (Å²) in [5.74, 6) is 0.452. The minimum absolute atomic E-state index is 0.0143. The zero-order valence-electron chi connectivity index (χ0n) is 14.6. The van der Waals surface area contributed by atoms with Crippen LogP contribution in [0.1, 0.15) is 26.0 Å². The van der Waals surface area contributed by atoms with E-state index in [0.717, 1.165) is 25.2 Å². The Morgan fingerprint density at radius 1 is 1.25 bits per heavy atom. The van der Waals surface area contributed by atoms with Crippen LogP contribution in [0.3, 0.4) is 0 Å². The van der Waals surface area contributed by atoms with Crippen molar-refractivity contribution in [1.29, 1.82) is 0 Å². The Bertz CT molecular complexity index is 712. The van der Waals surface area contributed by atoms with Gasteiger partial charge in [-0.3, -0.25) is 0 Å². The largest absolute Gasteiger partial charge is 0.422 e. The van der Waals surface area contributed by atoms with Gasteiger partial charge < -0.3 is 19.5 Å². The molecule has 1 fully saturated rings. The molecule has 1 saturated heterocycles. The standard InChI is InChI=1S/C17H25N5O2/c1-12(2)11-18-16(23)21-7-4-8-22(10-9-21)17-20-15-14(24-17)6-5-13(3)19-15/h5-6,12H,4,7-11H2,1-3H3,(H,18,23). The second-order valence-corrected chi connectivity index (χ2v) is 6.68. The summed E-state index contributed by atoms with van der Waals surface area (Å²) in [6, 6.07) is 4.42. The molecule has 0 bridgehead atoms. The first-order valence-corrected chi connectivity index (χ1v) is 8.55. The number of pyridine rings is 1. The van der Waals surface area contributed by atoms with Crippen molar-refractivity contribution in [3.63, 3.8) is 0 Å². The maximum Gasteiger partial charge on any atom is 0.317 e. The maximum atomic E-state index is 12.2. The van der Waals surface area contributed by atoms with E-state index in [1.807, 2.05) is 24.0 Å². The number of aromatic nitrogens is 2. The fourth-order valence-electron chi connectivity index (χ4n) is 2.75. The highest BCUT2D eigenvalue weighted by Gasteiger charge is 2.22. The molecule has 2 aromatic rings. The average molecular weight is 331 g/mol. The van der Waals surface area contributed by atoms with E-state index in [1.54, 1.807) is 0 Å². The van der Waals surface area contributed by atoms with Crippen molar-refractivity contribution >= 4 is 23.3 Å². The van der Waals surface area contributed by atoms with E-state index in [9.17, 15) is 4.79 Å². The first kappa shape index (κ1) is 16.5. The predicted octanol–water partition coefficient (Wildman–Crippen LogP) is 2.41. The summed E-state index contributed by atoms with van der Waals surface area (Å²) in [5.41, 5.74) is 2.26. The van der Waals surface area contributed by atoms with Crippen molar-refractivity contribution in [3.05, 3.63) is 17.8 Å². The lowest BCUT2D eigenvalue weighted by molar-refractivity contribution is 0.200. The number of urea groups is 1. The molecule has 1 aliphatic heterocycles. The molecule has 130 valence electrons. The van der Waals surface area contributed by atoms with Crippen molar-refractivity contribution < 1.29 is 9.21 Å². The van der Waals surface area contributed by atoms with Gasteiger partial charge >= 0.3 is 6.03 Å². The topological polar surface area (TPSA) is 74.5 Å². The number of nitrogens with one attached hydrogen (secondary N) is 1. The molecule has 7 nitrogen and oxygen atoms in total. The molecule has 24 heavy (non-hydrogen) atoms. The van der Waals surface area contributed by atoms with E-state index in [1.165, 1.54) is 0 Å². The number of hydrogen-bond donors (Lipinski definition) is 1. The average Bonchev–Trinajstić information content (AvgIpc) is 2.80. The van der Waals surface area contributed by atoms with Gasteiger partial charge in [-0.15, -0.1) is 0 Å². The highest BCUT2D eigenvalue weighted by molar-refractivity contribution is 5.74. The van der Waals surface area contributed by atoms with Gasteiger partial charge in [0.2, 0.25) is 5.65 Å². The second-order valence-electron chi connectivity index (χ2n) is 6.68. The highest BCUT2D eigenvalue weighted by Crippen LogP contribution is 2.22. The molecule has 0 atom stereocenters. The molecule has 0 aromatic carbocycles. The van der Waals surface area contributed by atoms with Crippen molar-refractivity contribution in [2.24, 2.45) is 5.92 Å². The van der Waals surface area contributed by atoms with Gasteiger partial charge in [0.25, 0.3) is 6.01 Å². The summed E-state index contributed by atoms with van der Waals surface area (Å²) in [6.07, 6.45) is 0.889. The predicted molar refractivity (Wildman–Crippen MR) is 93.2 cm³/mol. The van der Waals surface area contributed by atoms with Gasteiger partial charge in [0.15, 0.2) is 5.58 Å². The van der Waals surface area contributed by atoms with Crippen LogP contribution in [-0.2, 0) is 0 Å². The lowest BCUT2D eigenvalue weighted by atomic mass is 10.2. The van der Waals surface area contributed by atoms with Gasteiger partial charge in [0.1, 0.15) is 0 Å². The number of amides is 2. The fraction of sp³-hybridized carbons (Fsp3) is 0.588. The van der Waals surface area contributed by atoms with Crippen molar-refractivity contribution in [2.45, 2.75) is 27.2 Å². The Kier molecular flexibility index (Phi) is 4.87. The maximum absolute atomic E-state index is 12.2. The Balaban J connectivity index is 1.65. The molecule has 0 radical (unpaired) electrons. The van der Waals surface area contributed by atoms with Gasteiger partial charge in [0, 0.05) is 38.4 Å². The third-order valence-corrected chi connectivity index (χ3v) is 4.10. The van der Waals surface area contributed by atoms with Gasteiger partial charge in [-0.2, -0.15) is 4.98 Å². The zero-order chi connectivity index (χ0) is 17.1. The lowest BCUT2D eigenvalue weighted by Gasteiger charge is -2.22. The summed E-state index contributed by atoms with van der Waals surface area (Å²) in [6.45, 7) is 9.76. The molecule has 3 rings (SSSR count). The molecule has 0 spiro atoms. The number of carbonyl (C=O) groups excluding carboxylic acids is 1. The first-order valence-electron chi connectivity index (χ1n) is 8.55. The Morgan fingerprint density at radius 2 is 2.08 bits per heavy atom. The molecule has 3 heterocycles. The normalized spacial score (nSPS) is 15.8.